The van der Waals surface area contributed by atoms with E-state index in [2.05, 4.69) is 10.3 Å². The number of sulfonamides is 1. The van der Waals surface area contributed by atoms with E-state index in [-0.39, 0.29) is 18.0 Å². The van der Waals surface area contributed by atoms with Crippen molar-refractivity contribution >= 4 is 10.0 Å². The molecule has 9 nitrogen and oxygen atoms in total. The largest absolute Gasteiger partial charge is 0.493 e. The molecule has 0 radical (unpaired) electrons. The second-order valence-electron chi connectivity index (χ2n) is 8.77. The molecular formula is C27H28N4O5S. The number of para-hydroxylation sites is 1. The summed E-state index contributed by atoms with van der Waals surface area (Å²) in [7, 11) is -0.523. The molecule has 0 unspecified atom stereocenters. The number of methoxy groups -OCH3 is 2. The van der Waals surface area contributed by atoms with Crippen LogP contribution in [0, 0.1) is 6.92 Å². The summed E-state index contributed by atoms with van der Waals surface area (Å²) in [6, 6.07) is 18.2. The lowest BCUT2D eigenvalue weighted by Crippen LogP contribution is -2.36. The Bertz CT molecular complexity index is 1520. The lowest BCUT2D eigenvalue weighted by molar-refractivity contribution is 0.299. The summed E-state index contributed by atoms with van der Waals surface area (Å²) in [5.74, 6) is 2.03. The molecule has 0 saturated carbocycles. The number of benzene rings is 3. The predicted octanol–water partition coefficient (Wildman–Crippen LogP) is 3.92. The van der Waals surface area contributed by atoms with Crippen LogP contribution < -0.4 is 14.2 Å². The number of aromatic nitrogens is 3. The number of aryl methyl sites for hydroxylation is 1. The van der Waals surface area contributed by atoms with Gasteiger partial charge in [0, 0.05) is 13.1 Å². The second-order valence-corrected chi connectivity index (χ2v) is 10.7. The molecule has 5 rings (SSSR count). The van der Waals surface area contributed by atoms with Crippen LogP contribution in [0.2, 0.25) is 0 Å². The van der Waals surface area contributed by atoms with E-state index in [1.165, 1.54) is 4.31 Å². The summed E-state index contributed by atoms with van der Waals surface area (Å²) in [6.07, 6.45) is 2.37. The smallest absolute Gasteiger partial charge is 0.243 e. The second kappa shape index (κ2) is 10.2. The van der Waals surface area contributed by atoms with Gasteiger partial charge in [-0.3, -0.25) is 0 Å². The maximum absolute atomic E-state index is 13.4. The molecule has 0 fully saturated rings. The highest BCUT2D eigenvalue weighted by Gasteiger charge is 2.29. The summed E-state index contributed by atoms with van der Waals surface area (Å²) in [4.78, 5) is 0.225. The van der Waals surface area contributed by atoms with Crippen molar-refractivity contribution in [2.45, 2.75) is 31.4 Å². The van der Waals surface area contributed by atoms with Crippen molar-refractivity contribution in [1.82, 2.24) is 19.3 Å². The van der Waals surface area contributed by atoms with Crippen molar-refractivity contribution in [3.05, 3.63) is 89.2 Å². The van der Waals surface area contributed by atoms with Gasteiger partial charge in [-0.2, -0.15) is 4.31 Å². The number of hydrogen-bond donors (Lipinski definition) is 0. The highest BCUT2D eigenvalue weighted by atomic mass is 32.2. The van der Waals surface area contributed by atoms with Crippen LogP contribution in [0.3, 0.4) is 0 Å². The standard InChI is InChI=1S/C27H28N4O5S/c1-19-6-4-5-7-25(19)36-18-22-17-31(29-28-22)23-8-10-24(11-9-23)37(32,33)30-13-12-20-14-26(34-2)27(35-3)15-21(20)16-30/h4-11,14-15,17H,12-13,16,18H2,1-3H3. The molecule has 4 aromatic rings. The van der Waals surface area contributed by atoms with E-state index >= 15 is 0 Å². The Hall–Kier alpha value is -3.89. The molecule has 1 aliphatic rings. The lowest BCUT2D eigenvalue weighted by atomic mass is 10.0. The van der Waals surface area contributed by atoms with Crippen LogP contribution >= 0.6 is 0 Å². The predicted molar refractivity (Wildman–Crippen MR) is 138 cm³/mol. The molecule has 0 spiro atoms. The monoisotopic (exact) mass is 520 g/mol. The minimum Gasteiger partial charge on any atom is -0.493 e. The molecule has 0 aliphatic carbocycles. The van der Waals surface area contributed by atoms with Gasteiger partial charge >= 0.3 is 0 Å². The van der Waals surface area contributed by atoms with Gasteiger partial charge in [-0.05, 0) is 72.5 Å². The fourth-order valence-electron chi connectivity index (χ4n) is 4.34. The summed E-state index contributed by atoms with van der Waals surface area (Å²) in [5, 5.41) is 8.34. The Labute approximate surface area is 216 Å². The molecular weight excluding hydrogens is 492 g/mol. The van der Waals surface area contributed by atoms with Gasteiger partial charge in [0.2, 0.25) is 10.0 Å². The van der Waals surface area contributed by atoms with E-state index in [4.69, 9.17) is 14.2 Å². The van der Waals surface area contributed by atoms with Crippen molar-refractivity contribution in [3.63, 3.8) is 0 Å². The third kappa shape index (κ3) is 5.03. The fourth-order valence-corrected chi connectivity index (χ4v) is 5.76. The highest BCUT2D eigenvalue weighted by molar-refractivity contribution is 7.89. The molecule has 1 aromatic heterocycles. The molecule has 2 heterocycles. The normalized spacial score (nSPS) is 13.7. The van der Waals surface area contributed by atoms with Gasteiger partial charge in [0.15, 0.2) is 11.5 Å². The molecule has 1 aliphatic heterocycles. The van der Waals surface area contributed by atoms with Gasteiger partial charge in [0.1, 0.15) is 18.1 Å². The molecule has 0 amide bonds. The fraction of sp³-hybridized carbons (Fsp3) is 0.259. The lowest BCUT2D eigenvalue weighted by Gasteiger charge is -2.29. The number of fused-ring (bicyclic) bond motifs is 1. The van der Waals surface area contributed by atoms with Crippen molar-refractivity contribution < 1.29 is 22.6 Å². The summed E-state index contributed by atoms with van der Waals surface area (Å²) < 4.78 is 46.5. The zero-order valence-corrected chi connectivity index (χ0v) is 21.7. The van der Waals surface area contributed by atoms with E-state index in [0.29, 0.717) is 35.8 Å². The van der Waals surface area contributed by atoms with Gasteiger partial charge < -0.3 is 14.2 Å². The number of rotatable bonds is 8. The van der Waals surface area contributed by atoms with Crippen molar-refractivity contribution in [2.75, 3.05) is 20.8 Å². The summed E-state index contributed by atoms with van der Waals surface area (Å²) >= 11 is 0. The Balaban J connectivity index is 1.29. The quantitative estimate of drug-likeness (QED) is 0.347. The van der Waals surface area contributed by atoms with Crippen molar-refractivity contribution in [3.8, 4) is 22.9 Å². The summed E-state index contributed by atoms with van der Waals surface area (Å²) in [5.41, 5.74) is 4.39. The van der Waals surface area contributed by atoms with Gasteiger partial charge in [0.05, 0.1) is 31.0 Å². The molecule has 192 valence electrons. The topological polar surface area (TPSA) is 95.8 Å². The van der Waals surface area contributed by atoms with Crippen LogP contribution in [0.25, 0.3) is 5.69 Å². The number of hydrogen-bond acceptors (Lipinski definition) is 7. The van der Waals surface area contributed by atoms with Gasteiger partial charge in [-0.15, -0.1) is 5.10 Å². The van der Waals surface area contributed by atoms with Crippen LogP contribution in [0.15, 0.2) is 71.8 Å². The maximum atomic E-state index is 13.4. The van der Waals surface area contributed by atoms with E-state index < -0.39 is 10.0 Å². The molecule has 37 heavy (non-hydrogen) atoms. The number of ether oxygens (including phenoxy) is 3. The zero-order chi connectivity index (χ0) is 26.0. The minimum absolute atomic E-state index is 0.225. The molecule has 0 atom stereocenters. The average molecular weight is 521 g/mol. The highest BCUT2D eigenvalue weighted by Crippen LogP contribution is 2.34. The molecule has 0 saturated heterocycles. The van der Waals surface area contributed by atoms with E-state index in [1.807, 2.05) is 43.3 Å². The van der Waals surface area contributed by atoms with E-state index in [1.54, 1.807) is 49.4 Å². The first-order chi connectivity index (χ1) is 17.9. The van der Waals surface area contributed by atoms with E-state index in [9.17, 15) is 8.42 Å². The van der Waals surface area contributed by atoms with Gasteiger partial charge in [-0.25, -0.2) is 13.1 Å². The van der Waals surface area contributed by atoms with Crippen LogP contribution in [-0.2, 0) is 29.6 Å². The molecule has 10 heteroatoms. The Morgan fingerprint density at radius 3 is 2.32 bits per heavy atom. The first-order valence-corrected chi connectivity index (χ1v) is 13.3. The van der Waals surface area contributed by atoms with Crippen LogP contribution in [0.4, 0.5) is 0 Å². The Morgan fingerprint density at radius 1 is 0.919 bits per heavy atom. The number of nitrogens with zero attached hydrogens (tertiary/aromatic N) is 4. The third-order valence-electron chi connectivity index (χ3n) is 6.43. The molecule has 0 N–H and O–H groups in total. The minimum atomic E-state index is -3.68. The summed E-state index contributed by atoms with van der Waals surface area (Å²) in [6.45, 7) is 2.93. The third-order valence-corrected chi connectivity index (χ3v) is 8.29. The first-order valence-electron chi connectivity index (χ1n) is 11.8. The molecule has 3 aromatic carbocycles. The van der Waals surface area contributed by atoms with E-state index in [0.717, 1.165) is 22.4 Å². The van der Waals surface area contributed by atoms with Gasteiger partial charge in [-0.1, -0.05) is 23.4 Å². The zero-order valence-electron chi connectivity index (χ0n) is 20.9. The maximum Gasteiger partial charge on any atom is 0.243 e. The van der Waals surface area contributed by atoms with Gasteiger partial charge in [0.25, 0.3) is 0 Å². The van der Waals surface area contributed by atoms with Crippen LogP contribution in [0.1, 0.15) is 22.4 Å². The van der Waals surface area contributed by atoms with Crippen LogP contribution in [-0.4, -0.2) is 48.5 Å². The average Bonchev–Trinajstić information content (AvgIpc) is 3.40. The Kier molecular flexibility index (Phi) is 6.86. The van der Waals surface area contributed by atoms with Crippen molar-refractivity contribution in [2.24, 2.45) is 0 Å². The molecule has 0 bridgehead atoms. The SMILES string of the molecule is COc1cc2c(cc1OC)CN(S(=O)(=O)c1ccc(-n3cc(COc4ccccc4C)nn3)cc1)CC2. The Morgan fingerprint density at radius 2 is 1.62 bits per heavy atom. The van der Waals surface area contributed by atoms with Crippen molar-refractivity contribution in [1.29, 1.82) is 0 Å². The first kappa shape index (κ1) is 24.8. The van der Waals surface area contributed by atoms with Crippen LogP contribution in [0.5, 0.6) is 17.2 Å².